The number of nitrogens with zero attached hydrogens (tertiary/aromatic N) is 2. The van der Waals surface area contributed by atoms with E-state index in [2.05, 4.69) is 5.10 Å². The summed E-state index contributed by atoms with van der Waals surface area (Å²) >= 11 is 0. The third-order valence-corrected chi connectivity index (χ3v) is 1.95. The third-order valence-electron chi connectivity index (χ3n) is 1.95. The van der Waals surface area contributed by atoms with E-state index >= 15 is 0 Å². The first-order valence-corrected chi connectivity index (χ1v) is 3.95. The van der Waals surface area contributed by atoms with Crippen molar-refractivity contribution in [3.63, 3.8) is 0 Å². The number of fused-ring (bicyclic) bond motifs is 1. The summed E-state index contributed by atoms with van der Waals surface area (Å²) < 4.78 is 1.72. The van der Waals surface area contributed by atoms with Gasteiger partial charge < -0.3 is 5.73 Å². The van der Waals surface area contributed by atoms with Gasteiger partial charge in [0, 0.05) is 24.2 Å². The predicted octanol–water partition coefficient (Wildman–Crippen LogP) is 0.857. The van der Waals surface area contributed by atoms with Gasteiger partial charge in [-0.05, 0) is 6.07 Å². The van der Waals surface area contributed by atoms with Crippen LogP contribution in [0.25, 0.3) is 10.9 Å². The Hall–Kier alpha value is -1.84. The zero-order valence-electron chi connectivity index (χ0n) is 7.28. The average Bonchev–Trinajstić information content (AvgIpc) is 2.43. The molecule has 0 saturated heterocycles. The highest BCUT2D eigenvalue weighted by molar-refractivity contribution is 6.06. The van der Waals surface area contributed by atoms with Gasteiger partial charge in [-0.25, -0.2) is 0 Å². The monoisotopic (exact) mass is 174 g/mol. The van der Waals surface area contributed by atoms with Gasteiger partial charge in [-0.1, -0.05) is 12.1 Å². The standard InChI is InChI=1S/C9H10N4/c1-13-5-7-6(9(10)11)3-2-4-8(7)12-13/h2-5H,1H3,(H3,10,11). The topological polar surface area (TPSA) is 67.7 Å². The Labute approximate surface area is 75.5 Å². The first-order chi connectivity index (χ1) is 6.18. The van der Waals surface area contributed by atoms with Crippen LogP contribution in [0, 0.1) is 5.41 Å². The second-order valence-electron chi connectivity index (χ2n) is 2.95. The zero-order valence-corrected chi connectivity index (χ0v) is 7.28. The highest BCUT2D eigenvalue weighted by atomic mass is 15.2. The first-order valence-electron chi connectivity index (χ1n) is 3.95. The molecule has 0 spiro atoms. The average molecular weight is 174 g/mol. The molecule has 0 aliphatic carbocycles. The summed E-state index contributed by atoms with van der Waals surface area (Å²) in [7, 11) is 1.85. The van der Waals surface area contributed by atoms with Gasteiger partial charge in [0.15, 0.2) is 0 Å². The van der Waals surface area contributed by atoms with Crippen LogP contribution < -0.4 is 5.73 Å². The Bertz CT molecular complexity index is 469. The van der Waals surface area contributed by atoms with Crippen LogP contribution in [0.2, 0.25) is 0 Å². The number of benzene rings is 1. The molecule has 3 N–H and O–H groups in total. The summed E-state index contributed by atoms with van der Waals surface area (Å²) in [6, 6.07) is 5.58. The van der Waals surface area contributed by atoms with Gasteiger partial charge >= 0.3 is 0 Å². The van der Waals surface area contributed by atoms with Crippen molar-refractivity contribution in [1.29, 1.82) is 5.41 Å². The van der Waals surface area contributed by atoms with Gasteiger partial charge in [0.1, 0.15) is 5.84 Å². The van der Waals surface area contributed by atoms with E-state index in [9.17, 15) is 0 Å². The smallest absolute Gasteiger partial charge is 0.123 e. The van der Waals surface area contributed by atoms with Crippen molar-refractivity contribution in [3.8, 4) is 0 Å². The summed E-state index contributed by atoms with van der Waals surface area (Å²) in [5.41, 5.74) is 7.05. The summed E-state index contributed by atoms with van der Waals surface area (Å²) in [5, 5.41) is 12.5. The molecule has 1 aromatic carbocycles. The Kier molecular flexibility index (Phi) is 1.55. The summed E-state index contributed by atoms with van der Waals surface area (Å²) in [5.74, 6) is 0.0820. The number of aryl methyl sites for hydroxylation is 1. The molecule has 1 heterocycles. The van der Waals surface area contributed by atoms with Crippen molar-refractivity contribution >= 4 is 16.7 Å². The molecule has 13 heavy (non-hydrogen) atoms. The third kappa shape index (κ3) is 1.16. The van der Waals surface area contributed by atoms with Crippen LogP contribution in [-0.4, -0.2) is 15.6 Å². The maximum absolute atomic E-state index is 7.37. The molecule has 2 rings (SSSR count). The lowest BCUT2D eigenvalue weighted by atomic mass is 10.1. The normalized spacial score (nSPS) is 10.5. The van der Waals surface area contributed by atoms with Gasteiger partial charge in [-0.2, -0.15) is 5.10 Å². The van der Waals surface area contributed by atoms with Crippen molar-refractivity contribution < 1.29 is 0 Å². The fourth-order valence-corrected chi connectivity index (χ4v) is 1.40. The fourth-order valence-electron chi connectivity index (χ4n) is 1.40. The molecule has 0 radical (unpaired) electrons. The van der Waals surface area contributed by atoms with E-state index in [0.29, 0.717) is 0 Å². The molecule has 0 atom stereocenters. The molecule has 0 bridgehead atoms. The van der Waals surface area contributed by atoms with Gasteiger partial charge in [0.2, 0.25) is 0 Å². The van der Waals surface area contributed by atoms with Crippen molar-refractivity contribution in [2.24, 2.45) is 12.8 Å². The van der Waals surface area contributed by atoms with E-state index < -0.39 is 0 Å². The second kappa shape index (κ2) is 2.58. The fraction of sp³-hybridized carbons (Fsp3) is 0.111. The Balaban J connectivity index is 2.82. The number of hydrogen-bond acceptors (Lipinski definition) is 2. The van der Waals surface area contributed by atoms with Crippen LogP contribution in [0.15, 0.2) is 24.4 Å². The van der Waals surface area contributed by atoms with E-state index in [-0.39, 0.29) is 5.84 Å². The minimum Gasteiger partial charge on any atom is -0.384 e. The van der Waals surface area contributed by atoms with Crippen molar-refractivity contribution in [2.75, 3.05) is 0 Å². The molecule has 1 aromatic heterocycles. The van der Waals surface area contributed by atoms with E-state index in [4.69, 9.17) is 11.1 Å². The minimum atomic E-state index is 0.0820. The van der Waals surface area contributed by atoms with E-state index in [1.807, 2.05) is 31.4 Å². The maximum atomic E-state index is 7.37. The lowest BCUT2D eigenvalue weighted by Crippen LogP contribution is -2.10. The van der Waals surface area contributed by atoms with E-state index in [0.717, 1.165) is 16.5 Å². The van der Waals surface area contributed by atoms with Crippen LogP contribution in [0.5, 0.6) is 0 Å². The summed E-state index contributed by atoms with van der Waals surface area (Å²) in [6.07, 6.45) is 1.87. The van der Waals surface area contributed by atoms with Crippen molar-refractivity contribution in [1.82, 2.24) is 9.78 Å². The van der Waals surface area contributed by atoms with Crippen LogP contribution in [0.4, 0.5) is 0 Å². The SMILES string of the molecule is Cn1cc2c(C(=N)N)cccc2n1. The Morgan fingerprint density at radius 2 is 2.31 bits per heavy atom. The van der Waals surface area contributed by atoms with Gasteiger partial charge in [-0.3, -0.25) is 10.1 Å². The lowest BCUT2D eigenvalue weighted by Gasteiger charge is -1.97. The molecule has 0 saturated carbocycles. The Morgan fingerprint density at radius 1 is 1.54 bits per heavy atom. The van der Waals surface area contributed by atoms with Gasteiger partial charge in [-0.15, -0.1) is 0 Å². The molecule has 0 fully saturated rings. The maximum Gasteiger partial charge on any atom is 0.123 e. The van der Waals surface area contributed by atoms with Crippen LogP contribution in [-0.2, 0) is 7.05 Å². The highest BCUT2D eigenvalue weighted by Crippen LogP contribution is 2.15. The molecule has 0 aliphatic heterocycles. The number of amidine groups is 1. The molecule has 0 amide bonds. The van der Waals surface area contributed by atoms with E-state index in [1.54, 1.807) is 4.68 Å². The Morgan fingerprint density at radius 3 is 3.00 bits per heavy atom. The molecular formula is C9H10N4. The number of hydrogen-bond donors (Lipinski definition) is 2. The number of aromatic nitrogens is 2. The van der Waals surface area contributed by atoms with Gasteiger partial charge in [0.05, 0.1) is 5.52 Å². The number of nitrogens with one attached hydrogen (secondary N) is 1. The van der Waals surface area contributed by atoms with Crippen molar-refractivity contribution in [3.05, 3.63) is 30.0 Å². The highest BCUT2D eigenvalue weighted by Gasteiger charge is 2.05. The van der Waals surface area contributed by atoms with Gasteiger partial charge in [0.25, 0.3) is 0 Å². The quantitative estimate of drug-likeness (QED) is 0.497. The largest absolute Gasteiger partial charge is 0.384 e. The molecule has 4 heteroatoms. The number of nitrogen functional groups attached to an aromatic ring is 1. The van der Waals surface area contributed by atoms with Crippen molar-refractivity contribution in [2.45, 2.75) is 0 Å². The number of nitrogens with two attached hydrogens (primary N) is 1. The number of rotatable bonds is 1. The van der Waals surface area contributed by atoms with E-state index in [1.165, 1.54) is 0 Å². The lowest BCUT2D eigenvalue weighted by molar-refractivity contribution is 0.780. The zero-order chi connectivity index (χ0) is 9.42. The van der Waals surface area contributed by atoms with Crippen LogP contribution in [0.3, 0.4) is 0 Å². The molecule has 0 unspecified atom stereocenters. The molecule has 4 nitrogen and oxygen atoms in total. The van der Waals surface area contributed by atoms with Crippen LogP contribution >= 0.6 is 0 Å². The summed E-state index contributed by atoms with van der Waals surface area (Å²) in [4.78, 5) is 0. The summed E-state index contributed by atoms with van der Waals surface area (Å²) in [6.45, 7) is 0. The minimum absolute atomic E-state index is 0.0820. The second-order valence-corrected chi connectivity index (χ2v) is 2.95. The molecular weight excluding hydrogens is 164 g/mol. The van der Waals surface area contributed by atoms with Crippen LogP contribution in [0.1, 0.15) is 5.56 Å². The first kappa shape index (κ1) is 7.79. The predicted molar refractivity (Wildman–Crippen MR) is 51.7 cm³/mol. The molecule has 66 valence electrons. The molecule has 2 aromatic rings. The molecule has 0 aliphatic rings.